The minimum absolute atomic E-state index is 0.0557. The van der Waals surface area contributed by atoms with Crippen LogP contribution in [0.25, 0.3) is 11.3 Å². The van der Waals surface area contributed by atoms with E-state index in [-0.39, 0.29) is 5.69 Å². The van der Waals surface area contributed by atoms with Gasteiger partial charge in [-0.3, -0.25) is 10.1 Å². The van der Waals surface area contributed by atoms with E-state index in [4.69, 9.17) is 4.74 Å². The average molecular weight is 327 g/mol. The highest BCUT2D eigenvalue weighted by Crippen LogP contribution is 2.29. The summed E-state index contributed by atoms with van der Waals surface area (Å²) >= 11 is 1.44. The summed E-state index contributed by atoms with van der Waals surface area (Å²) in [5, 5.41) is 16.6. The maximum Gasteiger partial charge on any atom is 0.270 e. The Kier molecular flexibility index (Phi) is 4.20. The number of benzene rings is 2. The normalized spacial score (nSPS) is 10.3. The van der Waals surface area contributed by atoms with E-state index in [9.17, 15) is 10.1 Å². The van der Waals surface area contributed by atoms with E-state index in [1.165, 1.54) is 23.5 Å². The standard InChI is InChI=1S/C16H13N3O3S/c1-22-14-7-5-12(6-8-14)17-16-18-15(10-23-16)11-3-2-4-13(9-11)19(20)21/h2-10H,1H3,(H,17,18). The molecular weight excluding hydrogens is 314 g/mol. The van der Waals surface area contributed by atoms with Crippen molar-refractivity contribution in [3.8, 4) is 17.0 Å². The van der Waals surface area contributed by atoms with Gasteiger partial charge in [-0.15, -0.1) is 11.3 Å². The zero-order valence-corrected chi connectivity index (χ0v) is 13.0. The number of thiazole rings is 1. The summed E-state index contributed by atoms with van der Waals surface area (Å²) in [6.45, 7) is 0. The quantitative estimate of drug-likeness (QED) is 0.552. The van der Waals surface area contributed by atoms with Crippen molar-refractivity contribution in [2.45, 2.75) is 0 Å². The van der Waals surface area contributed by atoms with Gasteiger partial charge in [0.05, 0.1) is 17.7 Å². The zero-order valence-electron chi connectivity index (χ0n) is 12.2. The van der Waals surface area contributed by atoms with E-state index in [1.54, 1.807) is 19.2 Å². The SMILES string of the molecule is COc1ccc(Nc2nc(-c3cccc([N+](=O)[O-])c3)cs2)cc1. The van der Waals surface area contributed by atoms with Crippen molar-refractivity contribution < 1.29 is 9.66 Å². The van der Waals surface area contributed by atoms with Gasteiger partial charge in [0.15, 0.2) is 5.13 Å². The minimum Gasteiger partial charge on any atom is -0.497 e. The van der Waals surface area contributed by atoms with E-state index >= 15 is 0 Å². The Balaban J connectivity index is 1.79. The second-order valence-electron chi connectivity index (χ2n) is 4.70. The Morgan fingerprint density at radius 1 is 1.22 bits per heavy atom. The molecule has 3 rings (SSSR count). The maximum absolute atomic E-state index is 10.8. The number of methoxy groups -OCH3 is 1. The highest BCUT2D eigenvalue weighted by Gasteiger charge is 2.10. The van der Waals surface area contributed by atoms with Gasteiger partial charge in [-0.1, -0.05) is 12.1 Å². The highest BCUT2D eigenvalue weighted by atomic mass is 32.1. The van der Waals surface area contributed by atoms with Crippen LogP contribution in [0.5, 0.6) is 5.75 Å². The number of nitrogens with one attached hydrogen (secondary N) is 1. The Bertz CT molecular complexity index is 831. The van der Waals surface area contributed by atoms with Gasteiger partial charge in [0.2, 0.25) is 0 Å². The first-order chi connectivity index (χ1) is 11.2. The molecule has 1 aromatic heterocycles. The topological polar surface area (TPSA) is 77.3 Å². The smallest absolute Gasteiger partial charge is 0.270 e. The van der Waals surface area contributed by atoms with Crippen LogP contribution in [-0.4, -0.2) is 17.0 Å². The first-order valence-corrected chi connectivity index (χ1v) is 7.65. The van der Waals surface area contributed by atoms with Crippen LogP contribution in [0.1, 0.15) is 0 Å². The highest BCUT2D eigenvalue weighted by molar-refractivity contribution is 7.14. The number of hydrogen-bond acceptors (Lipinski definition) is 6. The first kappa shape index (κ1) is 15.0. The second kappa shape index (κ2) is 6.45. The molecule has 0 radical (unpaired) electrons. The summed E-state index contributed by atoms with van der Waals surface area (Å²) in [5.74, 6) is 0.784. The number of nitro groups is 1. The lowest BCUT2D eigenvalue weighted by molar-refractivity contribution is -0.384. The number of nitro benzene ring substituents is 1. The van der Waals surface area contributed by atoms with E-state index in [0.717, 1.165) is 22.1 Å². The Morgan fingerprint density at radius 2 is 2.00 bits per heavy atom. The number of nitrogens with zero attached hydrogens (tertiary/aromatic N) is 2. The molecule has 1 N–H and O–H groups in total. The zero-order chi connectivity index (χ0) is 16.2. The van der Waals surface area contributed by atoms with Crippen LogP contribution in [0.2, 0.25) is 0 Å². The molecule has 0 saturated carbocycles. The van der Waals surface area contributed by atoms with Crippen LogP contribution in [0, 0.1) is 10.1 Å². The van der Waals surface area contributed by atoms with Crippen LogP contribution in [0.4, 0.5) is 16.5 Å². The van der Waals surface area contributed by atoms with Gasteiger partial charge in [0.25, 0.3) is 5.69 Å². The third-order valence-electron chi connectivity index (χ3n) is 3.20. The molecule has 0 amide bonds. The predicted octanol–water partition coefficient (Wildman–Crippen LogP) is 4.47. The molecule has 0 atom stereocenters. The van der Waals surface area contributed by atoms with Crippen molar-refractivity contribution in [3.05, 3.63) is 64.0 Å². The largest absolute Gasteiger partial charge is 0.497 e. The first-order valence-electron chi connectivity index (χ1n) is 6.77. The predicted molar refractivity (Wildman–Crippen MR) is 90.5 cm³/mol. The Labute approximate surface area is 136 Å². The number of ether oxygens (including phenoxy) is 1. The fraction of sp³-hybridized carbons (Fsp3) is 0.0625. The Morgan fingerprint density at radius 3 is 2.70 bits per heavy atom. The summed E-state index contributed by atoms with van der Waals surface area (Å²) in [7, 11) is 1.62. The van der Waals surface area contributed by atoms with Crippen molar-refractivity contribution >= 4 is 27.8 Å². The lowest BCUT2D eigenvalue weighted by Gasteiger charge is -2.04. The molecular formula is C16H13N3O3S. The van der Waals surface area contributed by atoms with Gasteiger partial charge < -0.3 is 10.1 Å². The molecule has 0 saturated heterocycles. The van der Waals surface area contributed by atoms with Gasteiger partial charge in [-0.05, 0) is 24.3 Å². The third kappa shape index (κ3) is 3.46. The summed E-state index contributed by atoms with van der Waals surface area (Å²) < 4.78 is 5.12. The summed E-state index contributed by atoms with van der Waals surface area (Å²) in [6, 6.07) is 14.0. The molecule has 2 aromatic carbocycles. The number of hydrogen-bond donors (Lipinski definition) is 1. The van der Waals surface area contributed by atoms with Gasteiger partial charge >= 0.3 is 0 Å². The van der Waals surface area contributed by atoms with E-state index in [1.807, 2.05) is 29.6 Å². The third-order valence-corrected chi connectivity index (χ3v) is 3.96. The van der Waals surface area contributed by atoms with Gasteiger partial charge in [0.1, 0.15) is 5.75 Å². The van der Waals surface area contributed by atoms with Gasteiger partial charge in [-0.2, -0.15) is 0 Å². The molecule has 0 aliphatic carbocycles. The number of aromatic nitrogens is 1. The van der Waals surface area contributed by atoms with Crippen molar-refractivity contribution in [1.29, 1.82) is 0 Å². The minimum atomic E-state index is -0.410. The maximum atomic E-state index is 10.8. The van der Waals surface area contributed by atoms with Crippen LogP contribution >= 0.6 is 11.3 Å². The summed E-state index contributed by atoms with van der Waals surface area (Å²) in [6.07, 6.45) is 0. The fourth-order valence-electron chi connectivity index (χ4n) is 2.04. The molecule has 3 aromatic rings. The van der Waals surface area contributed by atoms with Crippen molar-refractivity contribution in [3.63, 3.8) is 0 Å². The molecule has 0 aliphatic rings. The van der Waals surface area contributed by atoms with Crippen LogP contribution < -0.4 is 10.1 Å². The van der Waals surface area contributed by atoms with Gasteiger partial charge in [0, 0.05) is 28.8 Å². The van der Waals surface area contributed by atoms with Crippen LogP contribution in [0.15, 0.2) is 53.9 Å². The summed E-state index contributed by atoms with van der Waals surface area (Å²) in [4.78, 5) is 14.9. The second-order valence-corrected chi connectivity index (χ2v) is 5.56. The van der Waals surface area contributed by atoms with E-state index < -0.39 is 4.92 Å². The molecule has 1 heterocycles. The molecule has 0 aliphatic heterocycles. The van der Waals surface area contributed by atoms with E-state index in [0.29, 0.717) is 5.69 Å². The fourth-order valence-corrected chi connectivity index (χ4v) is 2.78. The number of rotatable bonds is 5. The number of non-ortho nitro benzene ring substituents is 1. The van der Waals surface area contributed by atoms with Crippen molar-refractivity contribution in [2.75, 3.05) is 12.4 Å². The van der Waals surface area contributed by atoms with Gasteiger partial charge in [-0.25, -0.2) is 4.98 Å². The lowest BCUT2D eigenvalue weighted by atomic mass is 10.1. The van der Waals surface area contributed by atoms with Crippen molar-refractivity contribution in [1.82, 2.24) is 4.98 Å². The lowest BCUT2D eigenvalue weighted by Crippen LogP contribution is -1.91. The molecule has 0 spiro atoms. The Hall–Kier alpha value is -2.93. The molecule has 116 valence electrons. The van der Waals surface area contributed by atoms with Crippen LogP contribution in [-0.2, 0) is 0 Å². The van der Waals surface area contributed by atoms with E-state index in [2.05, 4.69) is 10.3 Å². The monoisotopic (exact) mass is 327 g/mol. The average Bonchev–Trinajstić information content (AvgIpc) is 3.04. The molecule has 6 nitrogen and oxygen atoms in total. The van der Waals surface area contributed by atoms with Crippen molar-refractivity contribution in [2.24, 2.45) is 0 Å². The molecule has 0 fully saturated rings. The summed E-state index contributed by atoms with van der Waals surface area (Å²) in [5.41, 5.74) is 2.37. The molecule has 7 heteroatoms. The molecule has 0 bridgehead atoms. The molecule has 23 heavy (non-hydrogen) atoms. The molecule has 0 unspecified atom stereocenters. The van der Waals surface area contributed by atoms with Crippen LogP contribution in [0.3, 0.4) is 0 Å². The number of anilines is 2.